The van der Waals surface area contributed by atoms with Crippen LogP contribution in [0.15, 0.2) is 65.2 Å². The van der Waals surface area contributed by atoms with Gasteiger partial charge in [-0.3, -0.25) is 14.9 Å². The number of ether oxygens (including phenoxy) is 1. The van der Waals surface area contributed by atoms with Gasteiger partial charge in [0.25, 0.3) is 11.6 Å². The van der Waals surface area contributed by atoms with Crippen LogP contribution < -0.4 is 10.1 Å². The summed E-state index contributed by atoms with van der Waals surface area (Å²) in [6.07, 6.45) is 1.64. The molecule has 0 aliphatic rings. The summed E-state index contributed by atoms with van der Waals surface area (Å²) in [4.78, 5) is 31.0. The minimum atomic E-state index is -0.501. The van der Waals surface area contributed by atoms with E-state index in [1.165, 1.54) is 24.3 Å². The molecule has 0 aliphatic heterocycles. The molecule has 2 aromatic heterocycles. The van der Waals surface area contributed by atoms with Crippen molar-refractivity contribution in [2.75, 3.05) is 11.9 Å². The van der Waals surface area contributed by atoms with Gasteiger partial charge in [0.2, 0.25) is 5.89 Å². The van der Waals surface area contributed by atoms with Gasteiger partial charge in [0.1, 0.15) is 5.75 Å². The number of oxazole rings is 1. The number of anilines is 1. The number of amides is 1. The van der Waals surface area contributed by atoms with Gasteiger partial charge in [0.15, 0.2) is 17.8 Å². The van der Waals surface area contributed by atoms with Gasteiger partial charge in [0, 0.05) is 29.6 Å². The Balaban J connectivity index is 1.45. The molecule has 0 spiro atoms. The molecule has 0 bridgehead atoms. The minimum absolute atomic E-state index is 0.0476. The Morgan fingerprint density at radius 3 is 2.73 bits per heavy atom. The highest BCUT2D eigenvalue weighted by molar-refractivity contribution is 5.93. The number of fused-ring (bicyclic) bond motifs is 1. The van der Waals surface area contributed by atoms with Crippen molar-refractivity contribution >= 4 is 28.5 Å². The predicted octanol–water partition coefficient (Wildman–Crippen LogP) is 4.12. The fourth-order valence-corrected chi connectivity index (χ4v) is 2.78. The third-order valence-corrected chi connectivity index (χ3v) is 4.34. The lowest BCUT2D eigenvalue weighted by Gasteiger charge is -2.10. The Bertz CT molecular complexity index is 1200. The first kappa shape index (κ1) is 19.1. The number of nitro benzene ring substituents is 1. The van der Waals surface area contributed by atoms with E-state index in [2.05, 4.69) is 15.3 Å². The number of nitrogens with zero attached hydrogens (tertiary/aromatic N) is 3. The number of carbonyl (C=O) groups is 1. The van der Waals surface area contributed by atoms with Crippen molar-refractivity contribution in [3.63, 3.8) is 0 Å². The van der Waals surface area contributed by atoms with Crippen molar-refractivity contribution in [1.29, 1.82) is 0 Å². The molecule has 30 heavy (non-hydrogen) atoms. The van der Waals surface area contributed by atoms with Crippen molar-refractivity contribution < 1.29 is 18.9 Å². The zero-order chi connectivity index (χ0) is 21.1. The number of nitro groups is 1. The summed E-state index contributed by atoms with van der Waals surface area (Å²) in [6, 6.07) is 14.5. The molecule has 9 nitrogen and oxygen atoms in total. The van der Waals surface area contributed by atoms with Gasteiger partial charge >= 0.3 is 0 Å². The molecule has 0 aliphatic carbocycles. The van der Waals surface area contributed by atoms with Crippen LogP contribution >= 0.6 is 0 Å². The van der Waals surface area contributed by atoms with Crippen LogP contribution in [0.2, 0.25) is 0 Å². The highest BCUT2D eigenvalue weighted by Crippen LogP contribution is 2.27. The average Bonchev–Trinajstić information content (AvgIpc) is 3.18. The largest absolute Gasteiger partial charge is 0.484 e. The minimum Gasteiger partial charge on any atom is -0.484 e. The Morgan fingerprint density at radius 2 is 2.00 bits per heavy atom. The monoisotopic (exact) mass is 404 g/mol. The van der Waals surface area contributed by atoms with Crippen molar-refractivity contribution in [1.82, 2.24) is 9.97 Å². The van der Waals surface area contributed by atoms with Crippen LogP contribution in [0.3, 0.4) is 0 Å². The molecule has 2 heterocycles. The number of aryl methyl sites for hydroxylation is 1. The second-order valence-corrected chi connectivity index (χ2v) is 6.46. The van der Waals surface area contributed by atoms with Gasteiger partial charge in [0.05, 0.1) is 4.92 Å². The normalized spacial score (nSPS) is 10.7. The molecule has 0 radical (unpaired) electrons. The van der Waals surface area contributed by atoms with Gasteiger partial charge in [-0.2, -0.15) is 4.98 Å². The van der Waals surface area contributed by atoms with E-state index in [1.807, 2.05) is 19.1 Å². The van der Waals surface area contributed by atoms with E-state index in [0.717, 1.165) is 5.56 Å². The Hall–Kier alpha value is -4.27. The number of benzene rings is 2. The fraction of sp³-hybridized carbons (Fsp3) is 0.0952. The number of nitrogens with one attached hydrogen (secondary N) is 1. The van der Waals surface area contributed by atoms with Crippen molar-refractivity contribution in [3.8, 4) is 17.2 Å². The number of hydrogen-bond donors (Lipinski definition) is 1. The van der Waals surface area contributed by atoms with E-state index in [-0.39, 0.29) is 18.2 Å². The molecular weight excluding hydrogens is 388 g/mol. The lowest BCUT2D eigenvalue weighted by Crippen LogP contribution is -2.20. The zero-order valence-corrected chi connectivity index (χ0v) is 15.9. The quantitative estimate of drug-likeness (QED) is 0.379. The summed E-state index contributed by atoms with van der Waals surface area (Å²) in [5, 5.41) is 13.5. The van der Waals surface area contributed by atoms with Crippen LogP contribution in [0.4, 0.5) is 11.4 Å². The molecule has 0 atom stereocenters. The first-order chi connectivity index (χ1) is 14.5. The molecule has 2 aromatic carbocycles. The first-order valence-corrected chi connectivity index (χ1v) is 8.99. The number of hydrogen-bond acceptors (Lipinski definition) is 7. The van der Waals surface area contributed by atoms with Crippen LogP contribution in [0.1, 0.15) is 5.56 Å². The van der Waals surface area contributed by atoms with Crippen LogP contribution in [-0.2, 0) is 4.79 Å². The highest BCUT2D eigenvalue weighted by atomic mass is 16.6. The zero-order valence-electron chi connectivity index (χ0n) is 15.9. The molecule has 0 saturated carbocycles. The Labute approximate surface area is 170 Å². The summed E-state index contributed by atoms with van der Waals surface area (Å²) in [7, 11) is 0. The highest BCUT2D eigenvalue weighted by Gasteiger charge is 2.12. The number of aromatic nitrogens is 2. The molecule has 0 saturated heterocycles. The maximum absolute atomic E-state index is 12.3. The van der Waals surface area contributed by atoms with E-state index in [9.17, 15) is 14.9 Å². The van der Waals surface area contributed by atoms with Crippen LogP contribution in [-0.4, -0.2) is 27.4 Å². The molecule has 4 rings (SSSR count). The number of carbonyl (C=O) groups excluding carboxylic acids is 1. The van der Waals surface area contributed by atoms with Crippen LogP contribution in [0, 0.1) is 17.0 Å². The predicted molar refractivity (Wildman–Crippen MR) is 109 cm³/mol. The van der Waals surface area contributed by atoms with Crippen LogP contribution in [0.5, 0.6) is 5.75 Å². The third-order valence-electron chi connectivity index (χ3n) is 4.34. The molecule has 9 heteroatoms. The van der Waals surface area contributed by atoms with Crippen molar-refractivity contribution in [2.45, 2.75) is 6.92 Å². The Morgan fingerprint density at radius 1 is 1.20 bits per heavy atom. The summed E-state index contributed by atoms with van der Waals surface area (Å²) < 4.78 is 11.1. The first-order valence-electron chi connectivity index (χ1n) is 8.99. The van der Waals surface area contributed by atoms with Crippen molar-refractivity contribution in [2.24, 2.45) is 0 Å². The number of non-ortho nitro benzene ring substituents is 1. The molecule has 4 aromatic rings. The maximum Gasteiger partial charge on any atom is 0.269 e. The van der Waals surface area contributed by atoms with Gasteiger partial charge in [-0.15, -0.1) is 0 Å². The second-order valence-electron chi connectivity index (χ2n) is 6.46. The molecule has 1 amide bonds. The lowest BCUT2D eigenvalue weighted by molar-refractivity contribution is -0.384. The van der Waals surface area contributed by atoms with Crippen molar-refractivity contribution in [3.05, 3.63) is 76.5 Å². The molecule has 0 unspecified atom stereocenters. The maximum atomic E-state index is 12.3. The molecular formula is C21H16N4O5. The smallest absolute Gasteiger partial charge is 0.269 e. The van der Waals surface area contributed by atoms with Gasteiger partial charge in [-0.25, -0.2) is 4.98 Å². The van der Waals surface area contributed by atoms with E-state index >= 15 is 0 Å². The molecule has 150 valence electrons. The van der Waals surface area contributed by atoms with Gasteiger partial charge in [-0.05, 0) is 48.9 Å². The van der Waals surface area contributed by atoms with Gasteiger partial charge in [-0.1, -0.05) is 6.07 Å². The fourth-order valence-electron chi connectivity index (χ4n) is 2.78. The summed E-state index contributed by atoms with van der Waals surface area (Å²) in [5.74, 6) is 0.398. The molecule has 0 fully saturated rings. The standard InChI is InChI=1S/C21H16N4O5/c1-13-4-5-14(21-24-20-18(30-21)3-2-10-22-20)11-17(13)23-19(26)12-29-16-8-6-15(7-9-16)25(27)28/h2-11H,12H2,1H3,(H,23,26). The summed E-state index contributed by atoms with van der Waals surface area (Å²) in [5.41, 5.74) is 3.20. The Kier molecular flexibility index (Phi) is 5.08. The SMILES string of the molecule is Cc1ccc(-c2nc3ncccc3o2)cc1NC(=O)COc1ccc([N+](=O)[O-])cc1. The summed E-state index contributed by atoms with van der Waals surface area (Å²) in [6.45, 7) is 1.62. The molecule has 1 N–H and O–H groups in total. The van der Waals surface area contributed by atoms with E-state index < -0.39 is 4.92 Å². The van der Waals surface area contributed by atoms with Crippen LogP contribution in [0.25, 0.3) is 22.7 Å². The van der Waals surface area contributed by atoms with Gasteiger partial charge < -0.3 is 14.5 Å². The average molecular weight is 404 g/mol. The second kappa shape index (κ2) is 8.00. The lowest BCUT2D eigenvalue weighted by atomic mass is 10.1. The number of pyridine rings is 1. The van der Waals surface area contributed by atoms with E-state index in [0.29, 0.717) is 34.1 Å². The van der Waals surface area contributed by atoms with E-state index in [1.54, 1.807) is 24.4 Å². The topological polar surface area (TPSA) is 120 Å². The summed E-state index contributed by atoms with van der Waals surface area (Å²) >= 11 is 0. The third kappa shape index (κ3) is 4.09. The van der Waals surface area contributed by atoms with E-state index in [4.69, 9.17) is 9.15 Å². The number of rotatable bonds is 6.